The summed E-state index contributed by atoms with van der Waals surface area (Å²) in [5.74, 6) is 1.27. The third kappa shape index (κ3) is 4.77. The predicted octanol–water partition coefficient (Wildman–Crippen LogP) is 3.89. The van der Waals surface area contributed by atoms with Crippen LogP contribution in [0.4, 0.5) is 0 Å². The lowest BCUT2D eigenvalue weighted by molar-refractivity contribution is 0.158. The number of fused-ring (bicyclic) bond motifs is 1. The molecule has 0 saturated carbocycles. The van der Waals surface area contributed by atoms with E-state index in [1.54, 1.807) is 19.5 Å². The van der Waals surface area contributed by atoms with Crippen LogP contribution in [-0.4, -0.2) is 52.4 Å². The number of nitrogens with one attached hydrogen (secondary N) is 1. The quantitative estimate of drug-likeness (QED) is 0.493. The Morgan fingerprint density at radius 3 is 2.76 bits per heavy atom. The Morgan fingerprint density at radius 2 is 2.00 bits per heavy atom. The molecule has 0 fully saturated rings. The molecular weight excluding hydrogens is 366 g/mol. The van der Waals surface area contributed by atoms with Crippen molar-refractivity contribution in [2.75, 3.05) is 27.3 Å². The van der Waals surface area contributed by atoms with Crippen molar-refractivity contribution < 1.29 is 9.47 Å². The van der Waals surface area contributed by atoms with Crippen molar-refractivity contribution in [3.8, 4) is 22.9 Å². The van der Waals surface area contributed by atoms with Crippen LogP contribution in [0.5, 0.6) is 11.6 Å². The second-order valence-electron chi connectivity index (χ2n) is 6.85. The Hall–Kier alpha value is -3.29. The van der Waals surface area contributed by atoms with Gasteiger partial charge in [-0.25, -0.2) is 4.98 Å². The van der Waals surface area contributed by atoms with E-state index in [4.69, 9.17) is 14.5 Å². The molecule has 4 aromatic rings. The molecule has 1 aromatic carbocycles. The molecule has 29 heavy (non-hydrogen) atoms. The van der Waals surface area contributed by atoms with Crippen LogP contribution in [0.1, 0.15) is 5.69 Å². The summed E-state index contributed by atoms with van der Waals surface area (Å²) < 4.78 is 11.0. The van der Waals surface area contributed by atoms with Gasteiger partial charge in [0.1, 0.15) is 5.75 Å². The molecule has 0 saturated heterocycles. The van der Waals surface area contributed by atoms with Crippen LogP contribution < -0.4 is 4.74 Å². The number of methoxy groups -OCH3 is 1. The first kappa shape index (κ1) is 19.0. The molecule has 0 spiro atoms. The molecule has 0 bridgehead atoms. The number of benzene rings is 1. The summed E-state index contributed by atoms with van der Waals surface area (Å²) in [6.07, 6.45) is 3.48. The molecule has 0 aliphatic heterocycles. The van der Waals surface area contributed by atoms with Gasteiger partial charge < -0.3 is 9.47 Å². The topological polar surface area (TPSA) is 76.2 Å². The van der Waals surface area contributed by atoms with E-state index >= 15 is 0 Å². The zero-order valence-electron chi connectivity index (χ0n) is 16.5. The number of ether oxygens (including phenoxy) is 2. The number of likely N-dealkylation sites (N-methyl/N-ethyl adjacent to an activating group) is 1. The highest BCUT2D eigenvalue weighted by atomic mass is 16.5. The Bertz CT molecular complexity index is 1060. The molecule has 0 aliphatic rings. The average Bonchev–Trinajstić information content (AvgIpc) is 3.28. The third-order valence-electron chi connectivity index (χ3n) is 4.60. The maximum atomic E-state index is 5.91. The van der Waals surface area contributed by atoms with Crippen LogP contribution in [0.3, 0.4) is 0 Å². The lowest BCUT2D eigenvalue weighted by atomic mass is 10.2. The molecule has 3 heterocycles. The van der Waals surface area contributed by atoms with Crippen LogP contribution in [-0.2, 0) is 11.3 Å². The smallest absolute Gasteiger partial charge is 0.219 e. The summed E-state index contributed by atoms with van der Waals surface area (Å²) in [6.45, 7) is 2.36. The fraction of sp³-hybridized carbons (Fsp3) is 0.227. The van der Waals surface area contributed by atoms with E-state index < -0.39 is 0 Å². The second-order valence-corrected chi connectivity index (χ2v) is 6.85. The highest BCUT2D eigenvalue weighted by Gasteiger charge is 2.06. The fourth-order valence-corrected chi connectivity index (χ4v) is 3.04. The Balaban J connectivity index is 1.45. The lowest BCUT2D eigenvalue weighted by Crippen LogP contribution is -2.22. The normalized spacial score (nSPS) is 11.3. The predicted molar refractivity (Wildman–Crippen MR) is 112 cm³/mol. The first-order valence-electron chi connectivity index (χ1n) is 9.42. The zero-order chi connectivity index (χ0) is 20.1. The number of rotatable bonds is 8. The minimum absolute atomic E-state index is 0.539. The second kappa shape index (κ2) is 8.81. The molecule has 0 atom stereocenters. The minimum Gasteiger partial charge on any atom is -0.439 e. The van der Waals surface area contributed by atoms with Crippen LogP contribution in [0.2, 0.25) is 0 Å². The average molecular weight is 389 g/mol. The van der Waals surface area contributed by atoms with Gasteiger partial charge >= 0.3 is 0 Å². The minimum atomic E-state index is 0.539. The van der Waals surface area contributed by atoms with Crippen molar-refractivity contribution in [1.82, 2.24) is 25.1 Å². The van der Waals surface area contributed by atoms with Crippen molar-refractivity contribution in [2.45, 2.75) is 6.54 Å². The zero-order valence-corrected chi connectivity index (χ0v) is 16.5. The molecule has 7 heteroatoms. The lowest BCUT2D eigenvalue weighted by Gasteiger charge is -2.15. The molecule has 7 nitrogen and oxygen atoms in total. The molecule has 3 aromatic heterocycles. The molecule has 0 unspecified atom stereocenters. The van der Waals surface area contributed by atoms with Crippen molar-refractivity contribution in [2.24, 2.45) is 0 Å². The number of aromatic nitrogens is 4. The van der Waals surface area contributed by atoms with Gasteiger partial charge in [0.05, 0.1) is 23.5 Å². The van der Waals surface area contributed by atoms with Gasteiger partial charge in [-0.2, -0.15) is 5.10 Å². The van der Waals surface area contributed by atoms with Gasteiger partial charge in [-0.05, 0) is 43.4 Å². The van der Waals surface area contributed by atoms with E-state index in [0.717, 1.165) is 46.7 Å². The first-order valence-corrected chi connectivity index (χ1v) is 9.42. The van der Waals surface area contributed by atoms with E-state index in [2.05, 4.69) is 33.2 Å². The fourth-order valence-electron chi connectivity index (χ4n) is 3.04. The third-order valence-corrected chi connectivity index (χ3v) is 4.60. The first-order chi connectivity index (χ1) is 14.2. The van der Waals surface area contributed by atoms with Crippen LogP contribution in [0, 0.1) is 0 Å². The van der Waals surface area contributed by atoms with Gasteiger partial charge in [-0.15, -0.1) is 0 Å². The molecule has 0 radical (unpaired) electrons. The van der Waals surface area contributed by atoms with E-state index in [-0.39, 0.29) is 0 Å². The molecule has 1 N–H and O–H groups in total. The number of pyridine rings is 2. The maximum absolute atomic E-state index is 5.91. The monoisotopic (exact) mass is 389 g/mol. The summed E-state index contributed by atoms with van der Waals surface area (Å²) in [7, 11) is 3.78. The summed E-state index contributed by atoms with van der Waals surface area (Å²) in [6, 6.07) is 15.7. The van der Waals surface area contributed by atoms with E-state index in [1.807, 2.05) is 42.5 Å². The van der Waals surface area contributed by atoms with E-state index in [0.29, 0.717) is 12.5 Å². The van der Waals surface area contributed by atoms with Gasteiger partial charge in [0.15, 0.2) is 0 Å². The van der Waals surface area contributed by atoms with Gasteiger partial charge in [-0.1, -0.05) is 6.07 Å². The molecular formula is C22H23N5O2. The standard InChI is InChI=1S/C22H23N5O2/c1-27(11-12-28-2)15-18-5-3-16-13-19(6-7-20(16)25-18)29-22-8-4-17(14-23-22)21-9-10-24-26-21/h3-10,13-14H,11-12,15H2,1-2H3,(H,24,26). The number of hydrogen-bond acceptors (Lipinski definition) is 6. The largest absolute Gasteiger partial charge is 0.439 e. The molecule has 4 rings (SSSR count). The maximum Gasteiger partial charge on any atom is 0.219 e. The highest BCUT2D eigenvalue weighted by molar-refractivity contribution is 5.80. The van der Waals surface area contributed by atoms with Gasteiger partial charge in [0, 0.05) is 49.6 Å². The number of aromatic amines is 1. The summed E-state index contributed by atoms with van der Waals surface area (Å²) >= 11 is 0. The van der Waals surface area contributed by atoms with Crippen molar-refractivity contribution in [1.29, 1.82) is 0 Å². The molecule has 148 valence electrons. The van der Waals surface area contributed by atoms with E-state index in [9.17, 15) is 0 Å². The summed E-state index contributed by atoms with van der Waals surface area (Å²) in [5.41, 5.74) is 3.85. The summed E-state index contributed by atoms with van der Waals surface area (Å²) in [5, 5.41) is 7.90. The van der Waals surface area contributed by atoms with Crippen molar-refractivity contribution >= 4 is 10.9 Å². The highest BCUT2D eigenvalue weighted by Crippen LogP contribution is 2.25. The van der Waals surface area contributed by atoms with Crippen LogP contribution in [0.15, 0.2) is 60.9 Å². The van der Waals surface area contributed by atoms with Crippen LogP contribution >= 0.6 is 0 Å². The number of nitrogens with zero attached hydrogens (tertiary/aromatic N) is 4. The van der Waals surface area contributed by atoms with Gasteiger partial charge in [0.25, 0.3) is 0 Å². The number of H-pyrrole nitrogens is 1. The van der Waals surface area contributed by atoms with Crippen molar-refractivity contribution in [3.63, 3.8) is 0 Å². The van der Waals surface area contributed by atoms with Gasteiger partial charge in [-0.3, -0.25) is 15.0 Å². The van der Waals surface area contributed by atoms with Crippen molar-refractivity contribution in [3.05, 3.63) is 66.6 Å². The molecule has 0 aliphatic carbocycles. The Labute approximate surface area is 169 Å². The summed E-state index contributed by atoms with van der Waals surface area (Å²) in [4.78, 5) is 11.3. The SMILES string of the molecule is COCCN(C)Cc1ccc2cc(Oc3ccc(-c4ccn[nH]4)cn3)ccc2n1. The van der Waals surface area contributed by atoms with Gasteiger partial charge in [0.2, 0.25) is 5.88 Å². The molecule has 0 amide bonds. The number of hydrogen-bond donors (Lipinski definition) is 1. The van der Waals surface area contributed by atoms with E-state index in [1.165, 1.54) is 0 Å². The van der Waals surface area contributed by atoms with Crippen LogP contribution in [0.25, 0.3) is 22.2 Å². The Kier molecular flexibility index (Phi) is 5.79. The Morgan fingerprint density at radius 1 is 1.07 bits per heavy atom.